The van der Waals surface area contributed by atoms with Gasteiger partial charge in [-0.05, 0) is 31.2 Å². The Hall–Kier alpha value is -3.81. The largest absolute Gasteiger partial charge is 0.493 e. The summed E-state index contributed by atoms with van der Waals surface area (Å²) in [6, 6.07) is 13.4. The molecule has 0 fully saturated rings. The lowest BCUT2D eigenvalue weighted by molar-refractivity contribution is 0.324. The third-order valence-corrected chi connectivity index (χ3v) is 4.60. The second-order valence-electron chi connectivity index (χ2n) is 6.33. The lowest BCUT2D eigenvalue weighted by Crippen LogP contribution is -2.03. The number of ether oxygens (including phenoxy) is 4. The van der Waals surface area contributed by atoms with Crippen LogP contribution in [0.1, 0.15) is 6.92 Å². The zero-order valence-corrected chi connectivity index (χ0v) is 17.2. The van der Waals surface area contributed by atoms with Gasteiger partial charge in [0.25, 0.3) is 0 Å². The number of rotatable bonds is 7. The van der Waals surface area contributed by atoms with Crippen LogP contribution in [0.25, 0.3) is 28.1 Å². The third-order valence-electron chi connectivity index (χ3n) is 4.60. The molecule has 2 aromatic heterocycles. The SMILES string of the molecule is CCOc1nc(-c2cc(OC)c(OC)c(OC)c2)nc2c1cnn2-c1ccccc1. The van der Waals surface area contributed by atoms with E-state index >= 15 is 0 Å². The fraction of sp³-hybridized carbons (Fsp3) is 0.227. The van der Waals surface area contributed by atoms with Gasteiger partial charge < -0.3 is 18.9 Å². The fourth-order valence-electron chi connectivity index (χ4n) is 3.23. The van der Waals surface area contributed by atoms with Crippen LogP contribution >= 0.6 is 0 Å². The van der Waals surface area contributed by atoms with Crippen LogP contribution in [0.5, 0.6) is 23.1 Å². The van der Waals surface area contributed by atoms with E-state index in [2.05, 4.69) is 10.1 Å². The second-order valence-corrected chi connectivity index (χ2v) is 6.33. The molecule has 0 N–H and O–H groups in total. The molecular formula is C22H22N4O4. The van der Waals surface area contributed by atoms with E-state index in [1.807, 2.05) is 49.4 Å². The minimum absolute atomic E-state index is 0.461. The quantitative estimate of drug-likeness (QED) is 0.460. The van der Waals surface area contributed by atoms with Crippen molar-refractivity contribution in [2.24, 2.45) is 0 Å². The number of fused-ring (bicyclic) bond motifs is 1. The molecule has 8 heteroatoms. The highest BCUT2D eigenvalue weighted by Gasteiger charge is 2.19. The zero-order valence-electron chi connectivity index (χ0n) is 17.2. The average molecular weight is 406 g/mol. The standard InChI is InChI=1S/C22H22N4O4/c1-5-30-22-16-13-23-26(15-9-7-6-8-10-15)21(16)24-20(25-22)14-11-17(27-2)19(29-4)18(12-14)28-3/h6-13H,5H2,1-4H3. The van der Waals surface area contributed by atoms with Crippen molar-refractivity contribution in [1.29, 1.82) is 0 Å². The summed E-state index contributed by atoms with van der Waals surface area (Å²) >= 11 is 0. The minimum atomic E-state index is 0.461. The van der Waals surface area contributed by atoms with E-state index in [1.165, 1.54) is 0 Å². The lowest BCUT2D eigenvalue weighted by atomic mass is 10.1. The Bertz CT molecular complexity index is 1150. The molecule has 0 saturated heterocycles. The van der Waals surface area contributed by atoms with Gasteiger partial charge in [0.2, 0.25) is 11.6 Å². The fourth-order valence-corrected chi connectivity index (χ4v) is 3.23. The van der Waals surface area contributed by atoms with Gasteiger partial charge in [-0.1, -0.05) is 18.2 Å². The van der Waals surface area contributed by atoms with E-state index < -0.39 is 0 Å². The number of methoxy groups -OCH3 is 3. The first-order valence-electron chi connectivity index (χ1n) is 9.44. The topological polar surface area (TPSA) is 80.5 Å². The van der Waals surface area contributed by atoms with E-state index in [9.17, 15) is 0 Å². The van der Waals surface area contributed by atoms with Crippen LogP contribution in [0.2, 0.25) is 0 Å². The van der Waals surface area contributed by atoms with Crippen LogP contribution in [0.4, 0.5) is 0 Å². The number of hydrogen-bond donors (Lipinski definition) is 0. The van der Waals surface area contributed by atoms with E-state index in [-0.39, 0.29) is 0 Å². The first-order chi connectivity index (χ1) is 14.7. The van der Waals surface area contributed by atoms with Crippen molar-refractivity contribution in [3.63, 3.8) is 0 Å². The molecule has 0 aliphatic carbocycles. The normalized spacial score (nSPS) is 10.8. The van der Waals surface area contributed by atoms with Crippen molar-refractivity contribution in [1.82, 2.24) is 19.7 Å². The molecule has 0 unspecified atom stereocenters. The van der Waals surface area contributed by atoms with Crippen molar-refractivity contribution in [2.45, 2.75) is 6.92 Å². The van der Waals surface area contributed by atoms with E-state index in [0.29, 0.717) is 46.8 Å². The third kappa shape index (κ3) is 3.36. The monoisotopic (exact) mass is 406 g/mol. The molecule has 0 radical (unpaired) electrons. The Kier molecular flexibility index (Phi) is 5.38. The maximum Gasteiger partial charge on any atom is 0.228 e. The molecule has 0 spiro atoms. The number of benzene rings is 2. The molecule has 2 aromatic carbocycles. The molecular weight excluding hydrogens is 384 g/mol. The highest BCUT2D eigenvalue weighted by atomic mass is 16.5. The van der Waals surface area contributed by atoms with Crippen LogP contribution in [0, 0.1) is 0 Å². The lowest BCUT2D eigenvalue weighted by Gasteiger charge is -2.14. The summed E-state index contributed by atoms with van der Waals surface area (Å²) in [5.41, 5.74) is 2.24. The molecule has 4 rings (SSSR count). The summed E-state index contributed by atoms with van der Waals surface area (Å²) < 4.78 is 23.9. The Labute approximate surface area is 174 Å². The number of aromatic nitrogens is 4. The van der Waals surface area contributed by atoms with Crippen LogP contribution in [-0.4, -0.2) is 47.7 Å². The minimum Gasteiger partial charge on any atom is -0.493 e. The summed E-state index contributed by atoms with van der Waals surface area (Å²) in [6.45, 7) is 2.38. The Morgan fingerprint density at radius 3 is 2.20 bits per heavy atom. The van der Waals surface area contributed by atoms with Crippen LogP contribution in [0.3, 0.4) is 0 Å². The van der Waals surface area contributed by atoms with Crippen molar-refractivity contribution >= 4 is 11.0 Å². The molecule has 4 aromatic rings. The van der Waals surface area contributed by atoms with Crippen LogP contribution in [0.15, 0.2) is 48.7 Å². The van der Waals surface area contributed by atoms with Gasteiger partial charge in [-0.2, -0.15) is 10.1 Å². The van der Waals surface area contributed by atoms with Crippen molar-refractivity contribution in [3.05, 3.63) is 48.7 Å². The predicted molar refractivity (Wildman–Crippen MR) is 113 cm³/mol. The summed E-state index contributed by atoms with van der Waals surface area (Å²) in [4.78, 5) is 9.42. The van der Waals surface area contributed by atoms with Gasteiger partial charge in [0, 0.05) is 5.56 Å². The average Bonchev–Trinajstić information content (AvgIpc) is 3.23. The van der Waals surface area contributed by atoms with Gasteiger partial charge in [-0.15, -0.1) is 0 Å². The van der Waals surface area contributed by atoms with Gasteiger partial charge in [0.15, 0.2) is 23.0 Å². The molecule has 8 nitrogen and oxygen atoms in total. The van der Waals surface area contributed by atoms with Gasteiger partial charge in [-0.3, -0.25) is 0 Å². The molecule has 2 heterocycles. The van der Waals surface area contributed by atoms with Crippen molar-refractivity contribution < 1.29 is 18.9 Å². The van der Waals surface area contributed by atoms with Gasteiger partial charge in [0.05, 0.1) is 39.8 Å². The number of hydrogen-bond acceptors (Lipinski definition) is 7. The number of para-hydroxylation sites is 1. The first kappa shape index (κ1) is 19.5. The maximum absolute atomic E-state index is 5.80. The molecule has 0 aliphatic rings. The van der Waals surface area contributed by atoms with Crippen molar-refractivity contribution in [2.75, 3.05) is 27.9 Å². The second kappa shape index (κ2) is 8.28. The van der Waals surface area contributed by atoms with Crippen LogP contribution in [-0.2, 0) is 0 Å². The Balaban J connectivity index is 1.95. The predicted octanol–water partition coefficient (Wildman–Crippen LogP) is 3.91. The summed E-state index contributed by atoms with van der Waals surface area (Å²) in [7, 11) is 4.71. The van der Waals surface area contributed by atoms with Gasteiger partial charge >= 0.3 is 0 Å². The van der Waals surface area contributed by atoms with Crippen molar-refractivity contribution in [3.8, 4) is 40.2 Å². The van der Waals surface area contributed by atoms with E-state index in [4.69, 9.17) is 23.9 Å². The molecule has 0 atom stereocenters. The molecule has 0 saturated carbocycles. The summed E-state index contributed by atoms with van der Waals surface area (Å²) in [5, 5.41) is 5.24. The molecule has 0 amide bonds. The number of nitrogens with zero attached hydrogens (tertiary/aromatic N) is 4. The highest BCUT2D eigenvalue weighted by molar-refractivity contribution is 5.84. The molecule has 0 bridgehead atoms. The summed E-state index contributed by atoms with van der Waals surface area (Å²) in [6.07, 6.45) is 1.71. The maximum atomic E-state index is 5.80. The summed E-state index contributed by atoms with van der Waals surface area (Å²) in [5.74, 6) is 2.47. The Morgan fingerprint density at radius 1 is 0.900 bits per heavy atom. The zero-order chi connectivity index (χ0) is 21.1. The Morgan fingerprint density at radius 2 is 1.60 bits per heavy atom. The molecule has 154 valence electrons. The van der Waals surface area contributed by atoms with Crippen LogP contribution < -0.4 is 18.9 Å². The molecule has 30 heavy (non-hydrogen) atoms. The smallest absolute Gasteiger partial charge is 0.228 e. The first-order valence-corrected chi connectivity index (χ1v) is 9.44. The van der Waals surface area contributed by atoms with Gasteiger partial charge in [0.1, 0.15) is 5.39 Å². The van der Waals surface area contributed by atoms with E-state index in [1.54, 1.807) is 32.2 Å². The molecule has 0 aliphatic heterocycles. The highest BCUT2D eigenvalue weighted by Crippen LogP contribution is 2.41. The van der Waals surface area contributed by atoms with E-state index in [0.717, 1.165) is 11.1 Å². The van der Waals surface area contributed by atoms with Gasteiger partial charge in [-0.25, -0.2) is 9.67 Å².